The molecule has 1 unspecified atom stereocenters. The number of aliphatic carboxylic acids is 1. The number of nitriles is 1. The predicted molar refractivity (Wildman–Crippen MR) is 158 cm³/mol. The van der Waals surface area contributed by atoms with E-state index in [4.69, 9.17) is 21.1 Å². The first-order valence-electron chi connectivity index (χ1n) is 14.5. The molecule has 1 saturated heterocycles. The second kappa shape index (κ2) is 13.5. The second-order valence-corrected chi connectivity index (χ2v) is 11.5. The number of halogens is 5. The van der Waals surface area contributed by atoms with Gasteiger partial charge in [0, 0.05) is 29.8 Å². The van der Waals surface area contributed by atoms with Crippen LogP contribution in [0.15, 0.2) is 30.3 Å². The maximum absolute atomic E-state index is 15.0. The number of alkyl halides is 3. The first-order chi connectivity index (χ1) is 22.3. The van der Waals surface area contributed by atoms with E-state index in [1.165, 1.54) is 12.0 Å². The third-order valence-corrected chi connectivity index (χ3v) is 8.46. The van der Waals surface area contributed by atoms with Gasteiger partial charge in [-0.1, -0.05) is 36.6 Å². The van der Waals surface area contributed by atoms with Crippen molar-refractivity contribution in [1.29, 1.82) is 5.26 Å². The molecule has 3 heterocycles. The number of nitrogens with zero attached hydrogens (tertiary/aromatic N) is 3. The molecule has 1 amide bonds. The van der Waals surface area contributed by atoms with Crippen molar-refractivity contribution in [1.82, 2.24) is 14.9 Å². The molecule has 1 fully saturated rings. The number of anilines is 1. The molecule has 0 radical (unpaired) electrons. The number of fused-ring (bicyclic) bond motifs is 4. The number of esters is 1. The highest BCUT2D eigenvalue weighted by molar-refractivity contribution is 6.30. The van der Waals surface area contributed by atoms with Crippen molar-refractivity contribution in [3.05, 3.63) is 69.4 Å². The van der Waals surface area contributed by atoms with Crippen molar-refractivity contribution >= 4 is 35.3 Å². The second-order valence-electron chi connectivity index (χ2n) is 11.1. The van der Waals surface area contributed by atoms with Crippen LogP contribution in [0, 0.1) is 17.1 Å². The van der Waals surface area contributed by atoms with Crippen LogP contribution in [0.1, 0.15) is 72.5 Å². The van der Waals surface area contributed by atoms with Gasteiger partial charge in [0.1, 0.15) is 29.9 Å². The lowest BCUT2D eigenvalue weighted by molar-refractivity contribution is -0.140. The predicted octanol–water partition coefficient (Wildman–Crippen LogP) is 6.54. The third-order valence-electron chi connectivity index (χ3n) is 8.17. The number of imidazole rings is 1. The van der Waals surface area contributed by atoms with Gasteiger partial charge in [-0.2, -0.15) is 18.4 Å². The van der Waals surface area contributed by atoms with Crippen molar-refractivity contribution in [2.45, 2.75) is 62.9 Å². The van der Waals surface area contributed by atoms with Crippen LogP contribution < -0.4 is 5.32 Å². The minimum Gasteiger partial charge on any atom is -0.480 e. The maximum atomic E-state index is 15.0. The van der Waals surface area contributed by atoms with E-state index in [-0.39, 0.29) is 49.4 Å². The van der Waals surface area contributed by atoms with E-state index in [0.29, 0.717) is 35.7 Å². The van der Waals surface area contributed by atoms with Crippen molar-refractivity contribution < 1.29 is 46.5 Å². The minimum absolute atomic E-state index is 0.0704. The molecule has 16 heteroatoms. The number of aromatic amines is 1. The number of carbonyl (C=O) groups is 3. The minimum atomic E-state index is -4.94. The van der Waals surface area contributed by atoms with Crippen LogP contribution in [0.25, 0.3) is 11.3 Å². The number of H-pyrrole nitrogens is 1. The number of hydrogen-bond donors (Lipinski definition) is 3. The number of carboxylic acids is 1. The molecule has 11 nitrogen and oxygen atoms in total. The average molecular weight is 678 g/mol. The highest BCUT2D eigenvalue weighted by atomic mass is 35.5. The molecule has 2 aliphatic rings. The van der Waals surface area contributed by atoms with E-state index >= 15 is 0 Å². The maximum Gasteiger partial charge on any atom is 0.416 e. The summed E-state index contributed by atoms with van der Waals surface area (Å²) in [6, 6.07) is 6.31. The highest BCUT2D eigenvalue weighted by Gasteiger charge is 2.42. The van der Waals surface area contributed by atoms with Crippen LogP contribution in [-0.4, -0.2) is 57.7 Å². The van der Waals surface area contributed by atoms with Gasteiger partial charge in [0.05, 0.1) is 35.9 Å². The van der Waals surface area contributed by atoms with Gasteiger partial charge in [0.15, 0.2) is 5.69 Å². The fraction of sp³-hybridized carbons (Fsp3) is 0.387. The Labute approximate surface area is 270 Å². The molecule has 0 saturated carbocycles. The third kappa shape index (κ3) is 6.97. The summed E-state index contributed by atoms with van der Waals surface area (Å²) in [6.45, 7) is -0.151. The molecule has 1 aromatic heterocycles. The van der Waals surface area contributed by atoms with E-state index in [1.54, 1.807) is 18.2 Å². The summed E-state index contributed by atoms with van der Waals surface area (Å²) in [4.78, 5) is 46.3. The first-order valence-corrected chi connectivity index (χ1v) is 14.9. The Morgan fingerprint density at radius 1 is 1.21 bits per heavy atom. The van der Waals surface area contributed by atoms with Gasteiger partial charge < -0.3 is 24.9 Å². The lowest BCUT2D eigenvalue weighted by Gasteiger charge is -2.37. The molecule has 0 spiro atoms. The fourth-order valence-corrected chi connectivity index (χ4v) is 6.05. The van der Waals surface area contributed by atoms with Crippen molar-refractivity contribution in [2.75, 3.05) is 19.0 Å². The summed E-state index contributed by atoms with van der Waals surface area (Å²) in [6.07, 6.45) is -6.67. The Balaban J connectivity index is 1.52. The number of amides is 1. The number of benzene rings is 2. The van der Waals surface area contributed by atoms with Crippen LogP contribution in [0.5, 0.6) is 0 Å². The molecule has 5 rings (SSSR count). The number of cyclic esters (lactones) is 1. The Morgan fingerprint density at radius 3 is 2.62 bits per heavy atom. The standard InChI is InChI=1S/C31H28ClF4N5O6/c1-46-24(42)13-15-6-7-16-20(12-15)38-19(29(43)44)4-2-3-5-22(28-39-21(14-37)27(16)40-28)41-11-10-23(47-30(41)45)25-17(31(34,35)36)8-9-18(32)26(25)33/h6-9,12,19,22-23,38H,2-5,10-11,13H2,1H3,(H,39,40)(H,43,44)/t19-,22+,23?/m1/s1. The lowest BCUT2D eigenvalue weighted by Crippen LogP contribution is -2.42. The largest absolute Gasteiger partial charge is 0.480 e. The molecular weight excluding hydrogens is 650 g/mol. The van der Waals surface area contributed by atoms with E-state index in [0.717, 1.165) is 6.07 Å². The number of carbonyl (C=O) groups excluding carboxylic acids is 2. The van der Waals surface area contributed by atoms with Gasteiger partial charge in [-0.3, -0.25) is 9.69 Å². The van der Waals surface area contributed by atoms with Crippen LogP contribution in [0.2, 0.25) is 5.02 Å². The normalized spacial score (nSPS) is 20.1. The van der Waals surface area contributed by atoms with Gasteiger partial charge >= 0.3 is 24.2 Å². The van der Waals surface area contributed by atoms with E-state index in [2.05, 4.69) is 15.3 Å². The summed E-state index contributed by atoms with van der Waals surface area (Å²) in [5.41, 5.74) is -0.822. The summed E-state index contributed by atoms with van der Waals surface area (Å²) in [5, 5.41) is 22.4. The van der Waals surface area contributed by atoms with Crippen molar-refractivity contribution in [3.8, 4) is 17.3 Å². The van der Waals surface area contributed by atoms with Gasteiger partial charge in [-0.15, -0.1) is 0 Å². The molecule has 2 aliphatic heterocycles. The van der Waals surface area contributed by atoms with Crippen LogP contribution in [0.4, 0.5) is 28.0 Å². The Bertz CT molecular complexity index is 1760. The smallest absolute Gasteiger partial charge is 0.416 e. The molecule has 3 aromatic rings. The number of nitrogens with one attached hydrogen (secondary N) is 2. The van der Waals surface area contributed by atoms with Gasteiger partial charge in [-0.05, 0) is 36.6 Å². The lowest BCUT2D eigenvalue weighted by atomic mass is 9.96. The van der Waals surface area contributed by atoms with Gasteiger partial charge in [-0.25, -0.2) is 19.0 Å². The van der Waals surface area contributed by atoms with E-state index < -0.39 is 64.4 Å². The Morgan fingerprint density at radius 2 is 1.96 bits per heavy atom. The van der Waals surface area contributed by atoms with Crippen molar-refractivity contribution in [3.63, 3.8) is 0 Å². The highest BCUT2D eigenvalue weighted by Crippen LogP contribution is 2.43. The molecule has 2 aromatic carbocycles. The Kier molecular flexibility index (Phi) is 9.62. The summed E-state index contributed by atoms with van der Waals surface area (Å²) < 4.78 is 66.4. The fourth-order valence-electron chi connectivity index (χ4n) is 5.88. The molecule has 47 heavy (non-hydrogen) atoms. The number of ether oxygens (including phenoxy) is 2. The first kappa shape index (κ1) is 33.5. The topological polar surface area (TPSA) is 158 Å². The molecule has 2 bridgehead atoms. The zero-order valence-electron chi connectivity index (χ0n) is 24.8. The molecule has 3 N–H and O–H groups in total. The van der Waals surface area contributed by atoms with E-state index in [1.807, 2.05) is 6.07 Å². The van der Waals surface area contributed by atoms with Crippen LogP contribution >= 0.6 is 11.6 Å². The van der Waals surface area contributed by atoms with Crippen LogP contribution in [-0.2, 0) is 31.7 Å². The monoisotopic (exact) mass is 677 g/mol. The molecule has 3 atom stereocenters. The van der Waals surface area contributed by atoms with Gasteiger partial charge in [0.25, 0.3) is 0 Å². The van der Waals surface area contributed by atoms with E-state index in [9.17, 15) is 42.3 Å². The SMILES string of the molecule is COC(=O)Cc1ccc2c(c1)N[C@@H](C(=O)O)CCCC[C@H](N1CCC(c3c(C(F)(F)F)ccc(Cl)c3F)OC1=O)c1nc(C#N)c-2[nH]1. The number of rotatable bonds is 5. The number of aromatic nitrogens is 2. The quantitative estimate of drug-likeness (QED) is 0.201. The number of hydrogen-bond acceptors (Lipinski definition) is 8. The zero-order chi connectivity index (χ0) is 34.0. The Hall–Kier alpha value is -4.84. The number of carboxylic acid groups (broad SMARTS) is 1. The summed E-state index contributed by atoms with van der Waals surface area (Å²) in [5.74, 6) is -2.79. The van der Waals surface area contributed by atoms with Gasteiger partial charge in [0.2, 0.25) is 0 Å². The molecular formula is C31H28ClF4N5O6. The molecule has 0 aliphatic carbocycles. The zero-order valence-corrected chi connectivity index (χ0v) is 25.5. The van der Waals surface area contributed by atoms with Crippen molar-refractivity contribution in [2.24, 2.45) is 0 Å². The summed E-state index contributed by atoms with van der Waals surface area (Å²) in [7, 11) is 1.24. The number of methoxy groups -OCH3 is 1. The average Bonchev–Trinajstić information content (AvgIpc) is 3.45. The van der Waals surface area contributed by atoms with Crippen LogP contribution in [0.3, 0.4) is 0 Å². The summed E-state index contributed by atoms with van der Waals surface area (Å²) >= 11 is 5.79. The molecule has 248 valence electrons.